The molecule has 0 aliphatic heterocycles. The monoisotopic (exact) mass is 289 g/mol. The normalized spacial score (nSPS) is 11.7. The van der Waals surface area contributed by atoms with Crippen molar-refractivity contribution in [1.29, 1.82) is 0 Å². The van der Waals surface area contributed by atoms with Gasteiger partial charge in [0.1, 0.15) is 12.4 Å². The summed E-state index contributed by atoms with van der Waals surface area (Å²) in [7, 11) is 0. The fourth-order valence-corrected chi connectivity index (χ4v) is 1.79. The molecule has 1 unspecified atom stereocenters. The lowest BCUT2D eigenvalue weighted by Gasteiger charge is -2.12. The van der Waals surface area contributed by atoms with Gasteiger partial charge in [0.15, 0.2) is 0 Å². The highest BCUT2D eigenvalue weighted by molar-refractivity contribution is 5.67. The molecule has 0 spiro atoms. The number of alkyl carbamates (subject to hydrolysis) is 1. The first kappa shape index (κ1) is 15.0. The van der Waals surface area contributed by atoms with Crippen LogP contribution in [-0.4, -0.2) is 17.7 Å². The highest BCUT2D eigenvalue weighted by Gasteiger charge is 2.10. The molecule has 0 aromatic heterocycles. The number of halogens is 1. The minimum atomic E-state index is -0.982. The SMILES string of the molecule is O=C(NCC(O)c1cccc(F)c1)OCc1ccccc1. The molecule has 2 N–H and O–H groups in total. The van der Waals surface area contributed by atoms with Gasteiger partial charge in [-0.15, -0.1) is 0 Å². The van der Waals surface area contributed by atoms with E-state index in [0.29, 0.717) is 5.56 Å². The summed E-state index contributed by atoms with van der Waals surface area (Å²) < 4.78 is 18.0. The van der Waals surface area contributed by atoms with Gasteiger partial charge in [-0.1, -0.05) is 42.5 Å². The molecule has 0 radical (unpaired) electrons. The zero-order chi connectivity index (χ0) is 15.1. The van der Waals surface area contributed by atoms with Gasteiger partial charge in [0.25, 0.3) is 0 Å². The number of ether oxygens (including phenoxy) is 1. The van der Waals surface area contributed by atoms with Gasteiger partial charge in [-0.3, -0.25) is 0 Å². The fraction of sp³-hybridized carbons (Fsp3) is 0.188. The maximum atomic E-state index is 13.0. The summed E-state index contributed by atoms with van der Waals surface area (Å²) >= 11 is 0. The van der Waals surface area contributed by atoms with Crippen LogP contribution in [0.3, 0.4) is 0 Å². The number of carbonyl (C=O) groups excluding carboxylic acids is 1. The van der Waals surface area contributed by atoms with Gasteiger partial charge in [-0.2, -0.15) is 0 Å². The second-order valence-corrected chi connectivity index (χ2v) is 4.51. The molecule has 4 nitrogen and oxygen atoms in total. The maximum Gasteiger partial charge on any atom is 0.407 e. The Morgan fingerprint density at radius 2 is 1.95 bits per heavy atom. The number of nitrogens with one attached hydrogen (secondary N) is 1. The lowest BCUT2D eigenvalue weighted by Crippen LogP contribution is -2.28. The van der Waals surface area contributed by atoms with Crippen molar-refractivity contribution in [1.82, 2.24) is 5.32 Å². The third-order valence-corrected chi connectivity index (χ3v) is 2.89. The average molecular weight is 289 g/mol. The topological polar surface area (TPSA) is 58.6 Å². The van der Waals surface area contributed by atoms with Gasteiger partial charge in [-0.25, -0.2) is 9.18 Å². The molecule has 2 aromatic rings. The highest BCUT2D eigenvalue weighted by Crippen LogP contribution is 2.13. The summed E-state index contributed by atoms with van der Waals surface area (Å²) in [6, 6.07) is 14.9. The van der Waals surface area contributed by atoms with Crippen molar-refractivity contribution >= 4 is 6.09 Å². The molecule has 0 bridgehead atoms. The molecule has 2 aromatic carbocycles. The second-order valence-electron chi connectivity index (χ2n) is 4.51. The number of carbonyl (C=O) groups is 1. The van der Waals surface area contributed by atoms with E-state index in [1.54, 1.807) is 6.07 Å². The largest absolute Gasteiger partial charge is 0.445 e. The zero-order valence-corrected chi connectivity index (χ0v) is 11.3. The average Bonchev–Trinajstić information content (AvgIpc) is 2.51. The molecule has 0 aliphatic carbocycles. The van der Waals surface area contributed by atoms with Crippen molar-refractivity contribution in [3.63, 3.8) is 0 Å². The molecule has 5 heteroatoms. The minimum Gasteiger partial charge on any atom is -0.445 e. The lowest BCUT2D eigenvalue weighted by atomic mass is 10.1. The smallest absolute Gasteiger partial charge is 0.407 e. The van der Waals surface area contributed by atoms with E-state index in [2.05, 4.69) is 5.32 Å². The van der Waals surface area contributed by atoms with Crippen molar-refractivity contribution in [3.05, 3.63) is 71.5 Å². The zero-order valence-electron chi connectivity index (χ0n) is 11.3. The van der Waals surface area contributed by atoms with Gasteiger partial charge in [-0.05, 0) is 23.3 Å². The number of benzene rings is 2. The Bertz CT molecular complexity index is 589. The number of amides is 1. The Morgan fingerprint density at radius 1 is 1.19 bits per heavy atom. The summed E-state index contributed by atoms with van der Waals surface area (Å²) in [5.41, 5.74) is 1.27. The van der Waals surface area contributed by atoms with Gasteiger partial charge < -0.3 is 15.2 Å². The van der Waals surface area contributed by atoms with Crippen LogP contribution in [0.4, 0.5) is 9.18 Å². The Hall–Kier alpha value is -2.40. The van der Waals surface area contributed by atoms with Crippen LogP contribution in [-0.2, 0) is 11.3 Å². The predicted octanol–water partition coefficient (Wildman–Crippen LogP) is 2.79. The summed E-state index contributed by atoms with van der Waals surface area (Å²) in [6.45, 7) is 0.111. The summed E-state index contributed by atoms with van der Waals surface area (Å²) in [6.07, 6.45) is -1.61. The molecule has 1 atom stereocenters. The van der Waals surface area contributed by atoms with Crippen LogP contribution in [0.15, 0.2) is 54.6 Å². The first-order valence-electron chi connectivity index (χ1n) is 6.53. The predicted molar refractivity (Wildman–Crippen MR) is 76.0 cm³/mol. The van der Waals surface area contributed by atoms with Crippen LogP contribution in [0.1, 0.15) is 17.2 Å². The molecule has 21 heavy (non-hydrogen) atoms. The first-order valence-corrected chi connectivity index (χ1v) is 6.53. The van der Waals surface area contributed by atoms with Crippen molar-refractivity contribution in [2.45, 2.75) is 12.7 Å². The number of aliphatic hydroxyl groups is 1. The van der Waals surface area contributed by atoms with Crippen molar-refractivity contribution in [3.8, 4) is 0 Å². The van der Waals surface area contributed by atoms with Crippen LogP contribution in [0.2, 0.25) is 0 Å². The van der Waals surface area contributed by atoms with E-state index in [1.165, 1.54) is 18.2 Å². The number of hydrogen-bond donors (Lipinski definition) is 2. The Labute approximate surface area is 122 Å². The van der Waals surface area contributed by atoms with Crippen LogP contribution in [0.25, 0.3) is 0 Å². The Balaban J connectivity index is 1.76. The summed E-state index contributed by atoms with van der Waals surface area (Å²) in [5.74, 6) is -0.432. The second kappa shape index (κ2) is 7.40. The van der Waals surface area contributed by atoms with Gasteiger partial charge in [0.05, 0.1) is 12.6 Å². The number of hydrogen-bond acceptors (Lipinski definition) is 3. The number of aliphatic hydroxyl groups excluding tert-OH is 1. The quantitative estimate of drug-likeness (QED) is 0.890. The molecule has 2 rings (SSSR count). The standard InChI is InChI=1S/C16H16FNO3/c17-14-8-4-7-13(9-14)15(19)10-18-16(20)21-11-12-5-2-1-3-6-12/h1-9,15,19H,10-11H2,(H,18,20). The van der Waals surface area contributed by atoms with Crippen LogP contribution < -0.4 is 5.32 Å². The van der Waals surface area contributed by atoms with E-state index in [1.807, 2.05) is 30.3 Å². The highest BCUT2D eigenvalue weighted by atomic mass is 19.1. The van der Waals surface area contributed by atoms with E-state index < -0.39 is 18.0 Å². The van der Waals surface area contributed by atoms with Crippen LogP contribution in [0, 0.1) is 5.82 Å². The van der Waals surface area contributed by atoms with E-state index in [-0.39, 0.29) is 13.2 Å². The van der Waals surface area contributed by atoms with E-state index >= 15 is 0 Å². The number of rotatable bonds is 5. The molecule has 1 amide bonds. The van der Waals surface area contributed by atoms with Crippen molar-refractivity contribution in [2.75, 3.05) is 6.54 Å². The molecule has 110 valence electrons. The van der Waals surface area contributed by atoms with Gasteiger partial charge in [0.2, 0.25) is 0 Å². The van der Waals surface area contributed by atoms with Crippen molar-refractivity contribution in [2.24, 2.45) is 0 Å². The summed E-state index contributed by atoms with van der Waals surface area (Å²) in [4.78, 5) is 11.5. The third kappa shape index (κ3) is 4.89. The van der Waals surface area contributed by atoms with E-state index in [0.717, 1.165) is 5.56 Å². The Kier molecular flexibility index (Phi) is 5.29. The van der Waals surface area contributed by atoms with Crippen LogP contribution in [0.5, 0.6) is 0 Å². The van der Waals surface area contributed by atoms with E-state index in [4.69, 9.17) is 4.74 Å². The van der Waals surface area contributed by atoms with Crippen molar-refractivity contribution < 1.29 is 19.0 Å². The molecule has 0 aliphatic rings. The molecular formula is C16H16FNO3. The molecule has 0 saturated heterocycles. The summed E-state index contributed by atoms with van der Waals surface area (Å²) in [5, 5.41) is 12.3. The molecular weight excluding hydrogens is 273 g/mol. The molecule has 0 fully saturated rings. The fourth-order valence-electron chi connectivity index (χ4n) is 1.79. The molecule has 0 heterocycles. The molecule has 0 saturated carbocycles. The van der Waals surface area contributed by atoms with E-state index in [9.17, 15) is 14.3 Å². The third-order valence-electron chi connectivity index (χ3n) is 2.89. The first-order chi connectivity index (χ1) is 10.1. The lowest BCUT2D eigenvalue weighted by molar-refractivity contribution is 0.126. The Morgan fingerprint density at radius 3 is 2.67 bits per heavy atom. The maximum absolute atomic E-state index is 13.0. The van der Waals surface area contributed by atoms with Gasteiger partial charge in [0, 0.05) is 0 Å². The van der Waals surface area contributed by atoms with Gasteiger partial charge >= 0.3 is 6.09 Å². The minimum absolute atomic E-state index is 0.0446. The van der Waals surface area contributed by atoms with Crippen LogP contribution >= 0.6 is 0 Å².